The molecule has 1 atom stereocenters. The van der Waals surface area contributed by atoms with Gasteiger partial charge in [-0.05, 0) is 17.4 Å². The summed E-state index contributed by atoms with van der Waals surface area (Å²) in [7, 11) is 0. The van der Waals surface area contributed by atoms with E-state index in [4.69, 9.17) is 11.6 Å². The normalized spacial score (nSPS) is 12.9. The Kier molecular flexibility index (Phi) is 3.79. The lowest BCUT2D eigenvalue weighted by Crippen LogP contribution is -1.93. The van der Waals surface area contributed by atoms with Gasteiger partial charge in [0.15, 0.2) is 0 Å². The molecule has 0 N–H and O–H groups in total. The van der Waals surface area contributed by atoms with Crippen LogP contribution in [0.15, 0.2) is 36.7 Å². The van der Waals surface area contributed by atoms with E-state index in [1.807, 2.05) is 18.5 Å². The Hall–Kier alpha value is -1.08. The van der Waals surface area contributed by atoms with E-state index in [0.717, 1.165) is 18.4 Å². The third-order valence-electron chi connectivity index (χ3n) is 2.85. The van der Waals surface area contributed by atoms with Crippen LogP contribution in [0.3, 0.4) is 0 Å². The first-order valence-electron chi connectivity index (χ1n) is 5.79. The van der Waals surface area contributed by atoms with Crippen LogP contribution in [0.25, 0.3) is 10.8 Å². The summed E-state index contributed by atoms with van der Waals surface area (Å²) in [5.41, 5.74) is 1.16. The molecule has 84 valence electrons. The van der Waals surface area contributed by atoms with Gasteiger partial charge in [0, 0.05) is 17.8 Å². The Balaban J connectivity index is 2.36. The van der Waals surface area contributed by atoms with Gasteiger partial charge in [-0.15, -0.1) is 11.6 Å². The molecule has 1 unspecified atom stereocenters. The van der Waals surface area contributed by atoms with Crippen molar-refractivity contribution in [3.63, 3.8) is 0 Å². The van der Waals surface area contributed by atoms with Gasteiger partial charge < -0.3 is 0 Å². The molecule has 1 aromatic heterocycles. The van der Waals surface area contributed by atoms with Gasteiger partial charge in [-0.25, -0.2) is 0 Å². The maximum absolute atomic E-state index is 6.42. The van der Waals surface area contributed by atoms with E-state index >= 15 is 0 Å². The van der Waals surface area contributed by atoms with Crippen molar-refractivity contribution in [2.24, 2.45) is 0 Å². The lowest BCUT2D eigenvalue weighted by atomic mass is 10.0. The molecule has 1 aromatic carbocycles. The van der Waals surface area contributed by atoms with Crippen LogP contribution in [0.5, 0.6) is 0 Å². The molecule has 0 radical (unpaired) electrons. The van der Waals surface area contributed by atoms with Gasteiger partial charge in [-0.3, -0.25) is 4.98 Å². The lowest BCUT2D eigenvalue weighted by molar-refractivity contribution is 0.702. The van der Waals surface area contributed by atoms with Gasteiger partial charge in [-0.2, -0.15) is 0 Å². The highest BCUT2D eigenvalue weighted by Crippen LogP contribution is 2.31. The number of pyridine rings is 1. The number of rotatable bonds is 4. The van der Waals surface area contributed by atoms with E-state index < -0.39 is 0 Å². The maximum Gasteiger partial charge on any atom is 0.0606 e. The molecule has 0 aliphatic heterocycles. The first kappa shape index (κ1) is 11.4. The van der Waals surface area contributed by atoms with Gasteiger partial charge in [0.25, 0.3) is 0 Å². The van der Waals surface area contributed by atoms with E-state index in [1.165, 1.54) is 17.2 Å². The van der Waals surface area contributed by atoms with E-state index in [0.29, 0.717) is 0 Å². The Bertz CT molecular complexity index is 462. The number of unbranched alkanes of at least 4 members (excludes halogenated alkanes) is 1. The Labute approximate surface area is 101 Å². The molecule has 0 amide bonds. The number of benzene rings is 1. The van der Waals surface area contributed by atoms with Crippen LogP contribution >= 0.6 is 11.6 Å². The zero-order chi connectivity index (χ0) is 11.4. The zero-order valence-corrected chi connectivity index (χ0v) is 10.2. The fraction of sp³-hybridized carbons (Fsp3) is 0.357. The molecule has 2 rings (SSSR count). The molecule has 0 spiro atoms. The van der Waals surface area contributed by atoms with Gasteiger partial charge in [0.1, 0.15) is 0 Å². The minimum Gasteiger partial charge on any atom is -0.264 e. The van der Waals surface area contributed by atoms with Gasteiger partial charge in [0.05, 0.1) is 5.38 Å². The summed E-state index contributed by atoms with van der Waals surface area (Å²) in [4.78, 5) is 4.26. The highest BCUT2D eigenvalue weighted by molar-refractivity contribution is 6.21. The van der Waals surface area contributed by atoms with Gasteiger partial charge in [0.2, 0.25) is 0 Å². The second kappa shape index (κ2) is 5.31. The fourth-order valence-corrected chi connectivity index (χ4v) is 2.26. The van der Waals surface area contributed by atoms with E-state index in [-0.39, 0.29) is 5.38 Å². The summed E-state index contributed by atoms with van der Waals surface area (Å²) >= 11 is 6.42. The maximum atomic E-state index is 6.42. The quantitative estimate of drug-likeness (QED) is 0.698. The Morgan fingerprint density at radius 2 is 2.06 bits per heavy atom. The molecule has 0 aliphatic carbocycles. The number of hydrogen-bond acceptors (Lipinski definition) is 1. The molecular weight excluding hydrogens is 218 g/mol. The fourth-order valence-electron chi connectivity index (χ4n) is 1.93. The standard InChI is InChI=1S/C14H16ClN/c1-2-3-8-14(15)13-10-16-9-11-6-4-5-7-12(11)13/h4-7,9-10,14H,2-3,8H2,1H3. The van der Waals surface area contributed by atoms with E-state index in [9.17, 15) is 0 Å². The van der Waals surface area contributed by atoms with Crippen LogP contribution in [0.2, 0.25) is 0 Å². The highest BCUT2D eigenvalue weighted by Gasteiger charge is 2.10. The minimum absolute atomic E-state index is 0.0820. The number of hydrogen-bond donors (Lipinski definition) is 0. The summed E-state index contributed by atoms with van der Waals surface area (Å²) in [6.07, 6.45) is 7.16. The molecule has 0 bridgehead atoms. The second-order valence-corrected chi connectivity index (χ2v) is 4.59. The Morgan fingerprint density at radius 1 is 1.25 bits per heavy atom. The predicted octanol–water partition coefficient (Wildman–Crippen LogP) is 4.70. The smallest absolute Gasteiger partial charge is 0.0606 e. The van der Waals surface area contributed by atoms with Crippen molar-refractivity contribution in [3.8, 4) is 0 Å². The third kappa shape index (κ3) is 2.35. The molecular formula is C14H16ClN. The number of fused-ring (bicyclic) bond motifs is 1. The zero-order valence-electron chi connectivity index (χ0n) is 9.49. The molecule has 2 heteroatoms. The summed E-state index contributed by atoms with van der Waals surface area (Å²) < 4.78 is 0. The van der Waals surface area contributed by atoms with Crippen LogP contribution in [0.1, 0.15) is 37.1 Å². The van der Waals surface area contributed by atoms with E-state index in [1.54, 1.807) is 0 Å². The first-order chi connectivity index (χ1) is 7.83. The summed E-state index contributed by atoms with van der Waals surface area (Å²) in [5, 5.41) is 2.48. The number of halogens is 1. The van der Waals surface area contributed by atoms with Crippen molar-refractivity contribution in [1.29, 1.82) is 0 Å². The molecule has 1 nitrogen and oxygen atoms in total. The molecule has 0 fully saturated rings. The molecule has 1 heterocycles. The molecule has 0 saturated carbocycles. The van der Waals surface area contributed by atoms with Crippen LogP contribution in [0, 0.1) is 0 Å². The van der Waals surface area contributed by atoms with Crippen molar-refractivity contribution in [2.75, 3.05) is 0 Å². The van der Waals surface area contributed by atoms with Crippen LogP contribution in [-0.2, 0) is 0 Å². The van der Waals surface area contributed by atoms with Crippen LogP contribution in [0.4, 0.5) is 0 Å². The Morgan fingerprint density at radius 3 is 2.88 bits per heavy atom. The molecule has 2 aromatic rings. The van der Waals surface area contributed by atoms with Crippen molar-refractivity contribution in [1.82, 2.24) is 4.98 Å². The number of nitrogens with zero attached hydrogens (tertiary/aromatic N) is 1. The van der Waals surface area contributed by atoms with Crippen LogP contribution in [-0.4, -0.2) is 4.98 Å². The SMILES string of the molecule is CCCCC(Cl)c1cncc2ccccc12. The molecule has 16 heavy (non-hydrogen) atoms. The first-order valence-corrected chi connectivity index (χ1v) is 6.23. The minimum atomic E-state index is 0.0820. The average molecular weight is 234 g/mol. The summed E-state index contributed by atoms with van der Waals surface area (Å²) in [6.45, 7) is 2.19. The highest BCUT2D eigenvalue weighted by atomic mass is 35.5. The van der Waals surface area contributed by atoms with Crippen molar-refractivity contribution in [3.05, 3.63) is 42.2 Å². The second-order valence-electron chi connectivity index (χ2n) is 4.06. The topological polar surface area (TPSA) is 12.9 Å². The predicted molar refractivity (Wildman–Crippen MR) is 69.9 cm³/mol. The average Bonchev–Trinajstić information content (AvgIpc) is 2.35. The van der Waals surface area contributed by atoms with Crippen LogP contribution < -0.4 is 0 Å². The number of aromatic nitrogens is 1. The van der Waals surface area contributed by atoms with Gasteiger partial charge >= 0.3 is 0 Å². The van der Waals surface area contributed by atoms with Gasteiger partial charge in [-0.1, -0.05) is 44.0 Å². The lowest BCUT2D eigenvalue weighted by Gasteiger charge is -2.11. The number of alkyl halides is 1. The van der Waals surface area contributed by atoms with E-state index in [2.05, 4.69) is 30.1 Å². The molecule has 0 aliphatic rings. The molecule has 0 saturated heterocycles. The summed E-state index contributed by atoms with van der Waals surface area (Å²) in [5.74, 6) is 0. The largest absolute Gasteiger partial charge is 0.264 e. The van der Waals surface area contributed by atoms with Crippen molar-refractivity contribution < 1.29 is 0 Å². The summed E-state index contributed by atoms with van der Waals surface area (Å²) in [6, 6.07) is 8.28. The van der Waals surface area contributed by atoms with Crippen molar-refractivity contribution >= 4 is 22.4 Å². The third-order valence-corrected chi connectivity index (χ3v) is 3.30. The van der Waals surface area contributed by atoms with Crippen molar-refractivity contribution in [2.45, 2.75) is 31.6 Å². The monoisotopic (exact) mass is 233 g/mol.